The summed E-state index contributed by atoms with van der Waals surface area (Å²) < 4.78 is 7.46. The van der Waals surface area contributed by atoms with Crippen LogP contribution < -0.4 is 4.90 Å². The number of aliphatic hydroxyl groups excluding tert-OH is 3. The van der Waals surface area contributed by atoms with E-state index in [0.29, 0.717) is 32.3 Å². The molecular formula is C18H19Cl2N3O4. The third-order valence-corrected chi connectivity index (χ3v) is 6.03. The number of aromatic nitrogens is 1. The maximum atomic E-state index is 10.6. The standard InChI is InChI=1S/C18H19Cl2N3O4/c19-11-5-9-10(7-21)17(22-3-1-2-4-22)23(13(9)6-12(11)20)18-16(26)15(25)14(8-24)27-18/h5-6,14-16,18,24-26H,1-4,8H2/t14-,15-,16-,18-/m1/s1. The van der Waals surface area contributed by atoms with Crippen LogP contribution in [-0.4, -0.2) is 57.9 Å². The van der Waals surface area contributed by atoms with Gasteiger partial charge in [0.15, 0.2) is 6.23 Å². The molecule has 1 aromatic heterocycles. The van der Waals surface area contributed by atoms with Crippen molar-refractivity contribution in [2.24, 2.45) is 0 Å². The molecule has 3 heterocycles. The minimum Gasteiger partial charge on any atom is -0.394 e. The Morgan fingerprint density at radius 3 is 2.41 bits per heavy atom. The number of anilines is 1. The molecule has 27 heavy (non-hydrogen) atoms. The molecule has 0 unspecified atom stereocenters. The van der Waals surface area contributed by atoms with Gasteiger partial charge in [0, 0.05) is 18.5 Å². The Labute approximate surface area is 165 Å². The van der Waals surface area contributed by atoms with Crippen LogP contribution >= 0.6 is 23.2 Å². The van der Waals surface area contributed by atoms with E-state index in [0.717, 1.165) is 25.9 Å². The smallest absolute Gasteiger partial charge is 0.164 e. The van der Waals surface area contributed by atoms with Crippen molar-refractivity contribution >= 4 is 39.9 Å². The highest BCUT2D eigenvalue weighted by Crippen LogP contribution is 2.43. The zero-order valence-electron chi connectivity index (χ0n) is 14.3. The summed E-state index contributed by atoms with van der Waals surface area (Å²) in [7, 11) is 0. The summed E-state index contributed by atoms with van der Waals surface area (Å²) in [5, 5.41) is 41.3. The highest BCUT2D eigenvalue weighted by atomic mass is 35.5. The molecule has 4 rings (SSSR count). The van der Waals surface area contributed by atoms with Gasteiger partial charge >= 0.3 is 0 Å². The minimum atomic E-state index is -1.26. The van der Waals surface area contributed by atoms with Crippen LogP contribution in [0.25, 0.3) is 10.9 Å². The summed E-state index contributed by atoms with van der Waals surface area (Å²) in [5.41, 5.74) is 1.00. The van der Waals surface area contributed by atoms with Gasteiger partial charge in [-0.25, -0.2) is 0 Å². The predicted molar refractivity (Wildman–Crippen MR) is 101 cm³/mol. The molecule has 0 radical (unpaired) electrons. The summed E-state index contributed by atoms with van der Waals surface area (Å²) in [6.07, 6.45) is -2.40. The molecule has 2 aliphatic heterocycles. The van der Waals surface area contributed by atoms with E-state index in [9.17, 15) is 20.6 Å². The van der Waals surface area contributed by atoms with Crippen LogP contribution in [0.1, 0.15) is 24.6 Å². The first-order valence-corrected chi connectivity index (χ1v) is 9.54. The summed E-state index contributed by atoms with van der Waals surface area (Å²) in [4.78, 5) is 2.06. The molecule has 4 atom stereocenters. The van der Waals surface area contributed by atoms with Crippen LogP contribution in [-0.2, 0) is 4.74 Å². The van der Waals surface area contributed by atoms with Crippen molar-refractivity contribution in [3.05, 3.63) is 27.7 Å². The van der Waals surface area contributed by atoms with Crippen molar-refractivity contribution in [3.63, 3.8) is 0 Å². The number of rotatable bonds is 3. The Balaban J connectivity index is 1.99. The van der Waals surface area contributed by atoms with Crippen molar-refractivity contribution in [3.8, 4) is 6.07 Å². The zero-order chi connectivity index (χ0) is 19.3. The number of fused-ring (bicyclic) bond motifs is 1. The first-order valence-electron chi connectivity index (χ1n) is 8.78. The molecule has 3 N–H and O–H groups in total. The van der Waals surface area contributed by atoms with E-state index in [1.54, 1.807) is 16.7 Å². The van der Waals surface area contributed by atoms with Crippen LogP contribution in [0.15, 0.2) is 12.1 Å². The van der Waals surface area contributed by atoms with Crippen LogP contribution in [0.3, 0.4) is 0 Å². The predicted octanol–water partition coefficient (Wildman–Crippen LogP) is 2.03. The van der Waals surface area contributed by atoms with E-state index >= 15 is 0 Å². The number of halogens is 2. The van der Waals surface area contributed by atoms with Crippen molar-refractivity contribution in [1.82, 2.24) is 4.57 Å². The molecule has 0 spiro atoms. The normalized spacial score (nSPS) is 28.2. The van der Waals surface area contributed by atoms with Gasteiger partial charge in [-0.2, -0.15) is 5.26 Å². The number of aliphatic hydroxyl groups is 3. The average Bonchev–Trinajstić information content (AvgIpc) is 3.34. The monoisotopic (exact) mass is 411 g/mol. The van der Waals surface area contributed by atoms with Crippen molar-refractivity contribution in [2.75, 3.05) is 24.6 Å². The van der Waals surface area contributed by atoms with Crippen LogP contribution in [0.2, 0.25) is 10.0 Å². The number of nitriles is 1. The maximum absolute atomic E-state index is 10.6. The average molecular weight is 412 g/mol. The van der Waals surface area contributed by atoms with Gasteiger partial charge in [0.05, 0.1) is 22.2 Å². The van der Waals surface area contributed by atoms with Gasteiger partial charge in [-0.3, -0.25) is 4.57 Å². The third kappa shape index (κ3) is 2.88. The van der Waals surface area contributed by atoms with E-state index in [2.05, 4.69) is 11.0 Å². The summed E-state index contributed by atoms with van der Waals surface area (Å²) >= 11 is 12.4. The number of hydrogen-bond acceptors (Lipinski definition) is 6. The second kappa shape index (κ2) is 7.13. The molecule has 2 saturated heterocycles. The lowest BCUT2D eigenvalue weighted by atomic mass is 10.1. The van der Waals surface area contributed by atoms with Crippen molar-refractivity contribution in [1.29, 1.82) is 5.26 Å². The van der Waals surface area contributed by atoms with Gasteiger partial charge in [0.25, 0.3) is 0 Å². The zero-order valence-corrected chi connectivity index (χ0v) is 15.9. The second-order valence-corrected chi connectivity index (χ2v) is 7.70. The molecule has 0 bridgehead atoms. The molecule has 9 heteroatoms. The van der Waals surface area contributed by atoms with Crippen LogP contribution in [0, 0.1) is 11.3 Å². The summed E-state index contributed by atoms with van der Waals surface area (Å²) in [6, 6.07) is 5.51. The van der Waals surface area contributed by atoms with E-state index in [4.69, 9.17) is 27.9 Å². The van der Waals surface area contributed by atoms with Gasteiger partial charge < -0.3 is 25.0 Å². The van der Waals surface area contributed by atoms with Gasteiger partial charge in [0.2, 0.25) is 0 Å². The van der Waals surface area contributed by atoms with Crippen LogP contribution in [0.4, 0.5) is 5.82 Å². The number of benzene rings is 1. The Kier molecular flexibility index (Phi) is 4.97. The fraction of sp³-hybridized carbons (Fsp3) is 0.500. The quantitative estimate of drug-likeness (QED) is 0.713. The number of hydrogen-bond donors (Lipinski definition) is 3. The van der Waals surface area contributed by atoms with Gasteiger partial charge in [-0.05, 0) is 25.0 Å². The van der Waals surface area contributed by atoms with E-state index in [1.165, 1.54) is 0 Å². The molecular weight excluding hydrogens is 393 g/mol. The second-order valence-electron chi connectivity index (χ2n) is 6.89. The molecule has 0 aliphatic carbocycles. The Hall–Kier alpha value is -1.53. The van der Waals surface area contributed by atoms with Gasteiger partial charge in [-0.15, -0.1) is 0 Å². The topological polar surface area (TPSA) is 102 Å². The molecule has 2 aromatic rings. The highest BCUT2D eigenvalue weighted by molar-refractivity contribution is 6.42. The molecule has 144 valence electrons. The van der Waals surface area contributed by atoms with Gasteiger partial charge in [0.1, 0.15) is 35.8 Å². The van der Waals surface area contributed by atoms with E-state index in [-0.39, 0.29) is 0 Å². The minimum absolute atomic E-state index is 0.312. The lowest BCUT2D eigenvalue weighted by Crippen LogP contribution is -2.33. The molecule has 7 nitrogen and oxygen atoms in total. The van der Waals surface area contributed by atoms with Crippen LogP contribution in [0.5, 0.6) is 0 Å². The maximum Gasteiger partial charge on any atom is 0.164 e. The number of ether oxygens (including phenoxy) is 1. The first-order chi connectivity index (χ1) is 13.0. The van der Waals surface area contributed by atoms with Crippen molar-refractivity contribution < 1.29 is 20.1 Å². The number of nitrogens with zero attached hydrogens (tertiary/aromatic N) is 3. The molecule has 2 aliphatic rings. The lowest BCUT2D eigenvalue weighted by Gasteiger charge is -2.26. The fourth-order valence-corrected chi connectivity index (χ4v) is 4.31. The Morgan fingerprint density at radius 1 is 1.15 bits per heavy atom. The molecule has 1 aromatic carbocycles. The summed E-state index contributed by atoms with van der Waals surface area (Å²) in [6.45, 7) is 1.10. The Morgan fingerprint density at radius 2 is 1.81 bits per heavy atom. The largest absolute Gasteiger partial charge is 0.394 e. The Bertz CT molecular complexity index is 920. The van der Waals surface area contributed by atoms with E-state index in [1.807, 2.05) is 0 Å². The molecule has 2 fully saturated rings. The summed E-state index contributed by atoms with van der Waals surface area (Å²) in [5.74, 6) is 0.609. The molecule has 0 amide bonds. The fourth-order valence-electron chi connectivity index (χ4n) is 3.99. The first kappa shape index (κ1) is 18.8. The molecule has 0 saturated carbocycles. The highest BCUT2D eigenvalue weighted by Gasteiger charge is 2.45. The van der Waals surface area contributed by atoms with E-state index < -0.39 is 31.1 Å². The SMILES string of the molecule is N#Cc1c(N2CCCC2)n([C@@H]2O[C@H](CO)[C@@H](O)[C@H]2O)c2cc(Cl)c(Cl)cc12. The third-order valence-electron chi connectivity index (χ3n) is 5.31. The van der Waals surface area contributed by atoms with Crippen molar-refractivity contribution in [2.45, 2.75) is 37.4 Å². The lowest BCUT2D eigenvalue weighted by molar-refractivity contribution is -0.0500. The van der Waals surface area contributed by atoms with Gasteiger partial charge in [-0.1, -0.05) is 23.2 Å².